The van der Waals surface area contributed by atoms with Gasteiger partial charge in [-0.15, -0.1) is 11.3 Å². The fourth-order valence-corrected chi connectivity index (χ4v) is 3.61. The van der Waals surface area contributed by atoms with Crippen molar-refractivity contribution >= 4 is 17.2 Å². The quantitative estimate of drug-likeness (QED) is 0.914. The first-order valence-corrected chi connectivity index (χ1v) is 9.21. The van der Waals surface area contributed by atoms with Crippen LogP contribution in [0.2, 0.25) is 0 Å². The van der Waals surface area contributed by atoms with Crippen molar-refractivity contribution in [2.45, 2.75) is 25.7 Å². The maximum absolute atomic E-state index is 12.3. The summed E-state index contributed by atoms with van der Waals surface area (Å²) in [5, 5.41) is 5.05. The van der Waals surface area contributed by atoms with E-state index in [1.165, 1.54) is 25.7 Å². The molecule has 0 atom stereocenters. The number of pyridine rings is 1. The van der Waals surface area contributed by atoms with Gasteiger partial charge in [-0.2, -0.15) is 0 Å². The Morgan fingerprint density at radius 3 is 2.78 bits per heavy atom. The molecule has 0 aromatic carbocycles. The first-order chi connectivity index (χ1) is 11.3. The van der Waals surface area contributed by atoms with Gasteiger partial charge in [0.1, 0.15) is 0 Å². The summed E-state index contributed by atoms with van der Waals surface area (Å²) < 4.78 is 0. The molecule has 0 saturated carbocycles. The van der Waals surface area contributed by atoms with Crippen LogP contribution in [0, 0.1) is 0 Å². The Kier molecular flexibility index (Phi) is 5.77. The van der Waals surface area contributed by atoms with Crippen LogP contribution in [0.4, 0.5) is 0 Å². The van der Waals surface area contributed by atoms with Gasteiger partial charge in [0, 0.05) is 24.8 Å². The molecular weight excluding hydrogens is 306 g/mol. The van der Waals surface area contributed by atoms with Crippen molar-refractivity contribution in [2.24, 2.45) is 0 Å². The van der Waals surface area contributed by atoms with Gasteiger partial charge in [-0.25, -0.2) is 0 Å². The van der Waals surface area contributed by atoms with Crippen molar-refractivity contribution in [2.75, 3.05) is 26.2 Å². The number of carbonyl (C=O) groups is 1. The first kappa shape index (κ1) is 16.1. The summed E-state index contributed by atoms with van der Waals surface area (Å²) in [5.74, 6) is -0.0139. The molecule has 4 nitrogen and oxygen atoms in total. The smallest absolute Gasteiger partial charge is 0.251 e. The van der Waals surface area contributed by atoms with Crippen LogP contribution in [0.25, 0.3) is 10.6 Å². The average Bonchev–Trinajstić information content (AvgIpc) is 3.00. The highest BCUT2D eigenvalue weighted by Crippen LogP contribution is 2.22. The van der Waals surface area contributed by atoms with E-state index in [4.69, 9.17) is 0 Å². The van der Waals surface area contributed by atoms with E-state index in [0.29, 0.717) is 12.1 Å². The lowest BCUT2D eigenvalue weighted by Gasteiger charge is -2.19. The standard InChI is InChI=1S/C18H23N3OS/c22-18(20-9-12-21-10-3-1-2-4-11-21)15-7-8-19-16(14-15)17-6-5-13-23-17/h5-8,13-14H,1-4,9-12H2,(H,20,22). The van der Waals surface area contributed by atoms with E-state index in [1.54, 1.807) is 23.6 Å². The molecule has 1 fully saturated rings. The monoisotopic (exact) mass is 329 g/mol. The van der Waals surface area contributed by atoms with Crippen molar-refractivity contribution in [1.82, 2.24) is 15.2 Å². The molecule has 5 heteroatoms. The second kappa shape index (κ2) is 8.22. The highest BCUT2D eigenvalue weighted by Gasteiger charge is 2.11. The molecule has 3 rings (SSSR count). The Morgan fingerprint density at radius 1 is 1.22 bits per heavy atom. The number of hydrogen-bond acceptors (Lipinski definition) is 4. The van der Waals surface area contributed by atoms with E-state index in [9.17, 15) is 4.79 Å². The van der Waals surface area contributed by atoms with E-state index in [-0.39, 0.29) is 5.91 Å². The lowest BCUT2D eigenvalue weighted by molar-refractivity contribution is 0.0948. The van der Waals surface area contributed by atoms with Crippen LogP contribution in [0.1, 0.15) is 36.0 Å². The number of aromatic nitrogens is 1. The van der Waals surface area contributed by atoms with Crippen LogP contribution in [-0.2, 0) is 0 Å². The van der Waals surface area contributed by atoms with E-state index in [1.807, 2.05) is 23.6 Å². The summed E-state index contributed by atoms with van der Waals surface area (Å²) >= 11 is 1.63. The molecule has 122 valence electrons. The minimum atomic E-state index is -0.0139. The number of amides is 1. The molecule has 23 heavy (non-hydrogen) atoms. The topological polar surface area (TPSA) is 45.2 Å². The summed E-state index contributed by atoms with van der Waals surface area (Å²) in [5.41, 5.74) is 1.54. The molecule has 0 aliphatic carbocycles. The third-order valence-electron chi connectivity index (χ3n) is 4.21. The van der Waals surface area contributed by atoms with Gasteiger partial charge in [0.25, 0.3) is 5.91 Å². The Hall–Kier alpha value is -1.72. The van der Waals surface area contributed by atoms with Crippen molar-refractivity contribution in [3.05, 3.63) is 41.4 Å². The van der Waals surface area contributed by atoms with Crippen LogP contribution in [0.3, 0.4) is 0 Å². The lowest BCUT2D eigenvalue weighted by atomic mass is 10.2. The summed E-state index contributed by atoms with van der Waals surface area (Å²) in [4.78, 5) is 20.2. The molecule has 1 saturated heterocycles. The van der Waals surface area contributed by atoms with E-state index in [0.717, 1.165) is 30.2 Å². The Balaban J connectivity index is 1.53. The van der Waals surface area contributed by atoms with Crippen LogP contribution in [0.5, 0.6) is 0 Å². The van der Waals surface area contributed by atoms with Crippen LogP contribution >= 0.6 is 11.3 Å². The largest absolute Gasteiger partial charge is 0.351 e. The predicted molar refractivity (Wildman–Crippen MR) is 94.8 cm³/mol. The van der Waals surface area contributed by atoms with Crippen molar-refractivity contribution < 1.29 is 4.79 Å². The third-order valence-corrected chi connectivity index (χ3v) is 5.10. The molecule has 3 heterocycles. The Labute approximate surface area is 141 Å². The van der Waals surface area contributed by atoms with Crippen molar-refractivity contribution in [3.63, 3.8) is 0 Å². The molecular formula is C18H23N3OS. The van der Waals surface area contributed by atoms with Gasteiger partial charge in [0.15, 0.2) is 0 Å². The number of carbonyl (C=O) groups excluding carboxylic acids is 1. The van der Waals surface area contributed by atoms with Gasteiger partial charge in [0.05, 0.1) is 10.6 Å². The molecule has 1 N–H and O–H groups in total. The number of rotatable bonds is 5. The predicted octanol–water partition coefficient (Wildman–Crippen LogP) is 3.42. The van der Waals surface area contributed by atoms with Gasteiger partial charge < -0.3 is 10.2 Å². The fraction of sp³-hybridized carbons (Fsp3) is 0.444. The molecule has 1 aliphatic heterocycles. The van der Waals surface area contributed by atoms with E-state index < -0.39 is 0 Å². The SMILES string of the molecule is O=C(NCCN1CCCCCC1)c1ccnc(-c2cccs2)c1. The highest BCUT2D eigenvalue weighted by molar-refractivity contribution is 7.13. The van der Waals surface area contributed by atoms with Gasteiger partial charge in [0.2, 0.25) is 0 Å². The third kappa shape index (κ3) is 4.62. The number of nitrogens with one attached hydrogen (secondary N) is 1. The highest BCUT2D eigenvalue weighted by atomic mass is 32.1. The molecule has 2 aromatic heterocycles. The fourth-order valence-electron chi connectivity index (χ4n) is 2.92. The van der Waals surface area contributed by atoms with Crippen LogP contribution in [0.15, 0.2) is 35.8 Å². The molecule has 0 radical (unpaired) electrons. The normalized spacial score (nSPS) is 16.0. The number of nitrogens with zero attached hydrogens (tertiary/aromatic N) is 2. The molecule has 0 bridgehead atoms. The number of likely N-dealkylation sites (tertiary alicyclic amines) is 1. The van der Waals surface area contributed by atoms with Gasteiger partial charge in [-0.1, -0.05) is 18.9 Å². The van der Waals surface area contributed by atoms with Crippen LogP contribution in [-0.4, -0.2) is 42.0 Å². The minimum absolute atomic E-state index is 0.0139. The second-order valence-electron chi connectivity index (χ2n) is 5.92. The zero-order chi connectivity index (χ0) is 15.9. The Bertz CT molecular complexity index is 619. The zero-order valence-electron chi connectivity index (χ0n) is 13.3. The first-order valence-electron chi connectivity index (χ1n) is 8.33. The van der Waals surface area contributed by atoms with Crippen molar-refractivity contribution in [3.8, 4) is 10.6 Å². The number of thiophene rings is 1. The maximum Gasteiger partial charge on any atom is 0.251 e. The summed E-state index contributed by atoms with van der Waals surface area (Å²) in [6, 6.07) is 7.66. The minimum Gasteiger partial charge on any atom is -0.351 e. The van der Waals surface area contributed by atoms with Gasteiger partial charge >= 0.3 is 0 Å². The van der Waals surface area contributed by atoms with E-state index >= 15 is 0 Å². The van der Waals surface area contributed by atoms with Crippen LogP contribution < -0.4 is 5.32 Å². The summed E-state index contributed by atoms with van der Waals surface area (Å²) in [6.07, 6.45) is 6.94. The molecule has 0 unspecified atom stereocenters. The van der Waals surface area contributed by atoms with Gasteiger partial charge in [-0.3, -0.25) is 9.78 Å². The second-order valence-corrected chi connectivity index (χ2v) is 6.87. The molecule has 0 spiro atoms. The number of hydrogen-bond donors (Lipinski definition) is 1. The molecule has 1 amide bonds. The average molecular weight is 329 g/mol. The lowest BCUT2D eigenvalue weighted by Crippen LogP contribution is -2.35. The van der Waals surface area contributed by atoms with Gasteiger partial charge in [-0.05, 0) is 49.5 Å². The Morgan fingerprint density at radius 2 is 2.04 bits per heavy atom. The maximum atomic E-state index is 12.3. The van der Waals surface area contributed by atoms with Crippen molar-refractivity contribution in [1.29, 1.82) is 0 Å². The summed E-state index contributed by atoms with van der Waals surface area (Å²) in [6.45, 7) is 3.96. The zero-order valence-corrected chi connectivity index (χ0v) is 14.1. The van der Waals surface area contributed by atoms with E-state index in [2.05, 4.69) is 15.2 Å². The molecule has 2 aromatic rings. The molecule has 1 aliphatic rings. The summed E-state index contributed by atoms with van der Waals surface area (Å²) in [7, 11) is 0.